The van der Waals surface area contributed by atoms with Crippen LogP contribution < -0.4 is 5.73 Å². The van der Waals surface area contributed by atoms with Crippen LogP contribution >= 0.6 is 0 Å². The standard InChI is InChI=1S/C21H33NO/c1-6-21(5)13-11-18(20(3,4)19(21)12-14-22)17-9-7-16(8-10-17)15(2)23/h7-10,18-19H,6,11-14,22H2,1-5H3/t18-,19?,21?/m1/s1. The first-order valence-electron chi connectivity index (χ1n) is 9.07. The lowest BCUT2D eigenvalue weighted by Crippen LogP contribution is -2.46. The lowest BCUT2D eigenvalue weighted by atomic mass is 9.50. The normalized spacial score (nSPS) is 30.2. The molecule has 1 aromatic rings. The topological polar surface area (TPSA) is 43.1 Å². The lowest BCUT2D eigenvalue weighted by molar-refractivity contribution is -0.0235. The maximum Gasteiger partial charge on any atom is 0.159 e. The third-order valence-electron chi connectivity index (χ3n) is 6.62. The Labute approximate surface area is 141 Å². The second-order valence-corrected chi connectivity index (χ2v) is 8.23. The number of ketones is 1. The maximum atomic E-state index is 11.5. The van der Waals surface area contributed by atoms with Crippen LogP contribution in [0, 0.1) is 16.7 Å². The van der Waals surface area contributed by atoms with Gasteiger partial charge in [0.25, 0.3) is 0 Å². The van der Waals surface area contributed by atoms with E-state index in [1.807, 2.05) is 12.1 Å². The molecule has 0 aromatic heterocycles. The number of hydrogen-bond donors (Lipinski definition) is 1. The second kappa shape index (κ2) is 6.76. The van der Waals surface area contributed by atoms with E-state index in [-0.39, 0.29) is 11.2 Å². The highest BCUT2D eigenvalue weighted by atomic mass is 16.1. The van der Waals surface area contributed by atoms with E-state index in [2.05, 4.69) is 39.8 Å². The van der Waals surface area contributed by atoms with Gasteiger partial charge in [-0.05, 0) is 61.0 Å². The molecule has 0 bridgehead atoms. The largest absolute Gasteiger partial charge is 0.330 e. The van der Waals surface area contributed by atoms with E-state index in [4.69, 9.17) is 5.73 Å². The van der Waals surface area contributed by atoms with Crippen molar-refractivity contribution in [3.8, 4) is 0 Å². The molecule has 0 saturated heterocycles. The zero-order valence-electron chi connectivity index (χ0n) is 15.5. The van der Waals surface area contributed by atoms with E-state index < -0.39 is 0 Å². The fourth-order valence-electron chi connectivity index (χ4n) is 5.02. The third kappa shape index (κ3) is 3.38. The SMILES string of the molecule is CCC1(C)CC[C@H](c2ccc(C(C)=O)cc2)C(C)(C)C1CCN. The summed E-state index contributed by atoms with van der Waals surface area (Å²) in [6.45, 7) is 12.0. The minimum atomic E-state index is 0.138. The predicted molar refractivity (Wildman–Crippen MR) is 97.8 cm³/mol. The van der Waals surface area contributed by atoms with Gasteiger partial charge >= 0.3 is 0 Å². The highest BCUT2D eigenvalue weighted by Gasteiger charge is 2.49. The van der Waals surface area contributed by atoms with Crippen molar-refractivity contribution < 1.29 is 4.79 Å². The lowest BCUT2D eigenvalue weighted by Gasteiger charge is -2.55. The average molecular weight is 316 g/mol. The minimum Gasteiger partial charge on any atom is -0.330 e. The van der Waals surface area contributed by atoms with Crippen molar-refractivity contribution in [2.75, 3.05) is 6.54 Å². The highest BCUT2D eigenvalue weighted by molar-refractivity contribution is 5.94. The van der Waals surface area contributed by atoms with Crippen molar-refractivity contribution in [1.82, 2.24) is 0 Å². The summed E-state index contributed by atoms with van der Waals surface area (Å²) in [5.41, 5.74) is 8.75. The van der Waals surface area contributed by atoms with E-state index in [0.29, 0.717) is 17.3 Å². The molecule has 1 fully saturated rings. The summed E-state index contributed by atoms with van der Waals surface area (Å²) >= 11 is 0. The molecule has 2 unspecified atom stereocenters. The molecule has 1 aliphatic carbocycles. The average Bonchev–Trinajstić information content (AvgIpc) is 2.51. The smallest absolute Gasteiger partial charge is 0.159 e. The molecule has 1 saturated carbocycles. The third-order valence-corrected chi connectivity index (χ3v) is 6.62. The van der Waals surface area contributed by atoms with Gasteiger partial charge in [0, 0.05) is 5.56 Å². The van der Waals surface area contributed by atoms with Crippen molar-refractivity contribution >= 4 is 5.78 Å². The van der Waals surface area contributed by atoms with Gasteiger partial charge in [-0.3, -0.25) is 4.79 Å². The number of rotatable bonds is 5. The van der Waals surface area contributed by atoms with Crippen LogP contribution in [-0.4, -0.2) is 12.3 Å². The van der Waals surface area contributed by atoms with Gasteiger partial charge < -0.3 is 5.73 Å². The number of benzene rings is 1. The zero-order valence-corrected chi connectivity index (χ0v) is 15.5. The van der Waals surface area contributed by atoms with E-state index in [1.165, 1.54) is 24.8 Å². The van der Waals surface area contributed by atoms with Crippen LogP contribution in [0.25, 0.3) is 0 Å². The van der Waals surface area contributed by atoms with Gasteiger partial charge in [0.2, 0.25) is 0 Å². The van der Waals surface area contributed by atoms with Gasteiger partial charge in [-0.15, -0.1) is 0 Å². The molecule has 23 heavy (non-hydrogen) atoms. The van der Waals surface area contributed by atoms with Gasteiger partial charge in [0.1, 0.15) is 0 Å². The molecule has 2 nitrogen and oxygen atoms in total. The number of nitrogens with two attached hydrogens (primary N) is 1. The number of carbonyl (C=O) groups is 1. The Kier molecular flexibility index (Phi) is 5.35. The van der Waals surface area contributed by atoms with Gasteiger partial charge in [0.05, 0.1) is 0 Å². The molecule has 0 spiro atoms. The first-order chi connectivity index (χ1) is 10.8. The molecule has 2 N–H and O–H groups in total. The van der Waals surface area contributed by atoms with Crippen molar-refractivity contribution in [1.29, 1.82) is 0 Å². The Morgan fingerprint density at radius 3 is 2.30 bits per heavy atom. The Morgan fingerprint density at radius 1 is 1.22 bits per heavy atom. The van der Waals surface area contributed by atoms with Crippen LogP contribution in [-0.2, 0) is 0 Å². The summed E-state index contributed by atoms with van der Waals surface area (Å²) in [5.74, 6) is 1.31. The first kappa shape index (κ1) is 18.2. The Hall–Kier alpha value is -1.15. The Morgan fingerprint density at radius 2 is 1.83 bits per heavy atom. The minimum absolute atomic E-state index is 0.138. The quantitative estimate of drug-likeness (QED) is 0.761. The molecule has 2 rings (SSSR count). The molecule has 3 atom stereocenters. The molecule has 0 heterocycles. The Balaban J connectivity index is 2.34. The summed E-state index contributed by atoms with van der Waals surface area (Å²) in [4.78, 5) is 11.5. The predicted octanol–water partition coefficient (Wildman–Crippen LogP) is 5.17. The number of hydrogen-bond acceptors (Lipinski definition) is 2. The molecular formula is C21H33NO. The summed E-state index contributed by atoms with van der Waals surface area (Å²) in [5, 5.41) is 0. The van der Waals surface area contributed by atoms with E-state index in [0.717, 1.165) is 18.5 Å². The van der Waals surface area contributed by atoms with Gasteiger partial charge in [-0.1, -0.05) is 58.4 Å². The van der Waals surface area contributed by atoms with Crippen molar-refractivity contribution in [3.63, 3.8) is 0 Å². The van der Waals surface area contributed by atoms with Crippen LogP contribution in [0.15, 0.2) is 24.3 Å². The maximum absolute atomic E-state index is 11.5. The van der Waals surface area contributed by atoms with Crippen LogP contribution in [0.4, 0.5) is 0 Å². The van der Waals surface area contributed by atoms with E-state index >= 15 is 0 Å². The number of carbonyl (C=O) groups excluding carboxylic acids is 1. The summed E-state index contributed by atoms with van der Waals surface area (Å²) in [6.07, 6.45) is 4.80. The molecule has 0 aliphatic heterocycles. The first-order valence-corrected chi connectivity index (χ1v) is 9.07. The van der Waals surface area contributed by atoms with Crippen LogP contribution in [0.5, 0.6) is 0 Å². The van der Waals surface area contributed by atoms with Crippen molar-refractivity contribution in [2.24, 2.45) is 22.5 Å². The number of Topliss-reactive ketones (excluding diaryl/α,β-unsaturated/α-hetero) is 1. The molecule has 2 heteroatoms. The molecule has 0 amide bonds. The van der Waals surface area contributed by atoms with Gasteiger partial charge in [-0.25, -0.2) is 0 Å². The van der Waals surface area contributed by atoms with Crippen molar-refractivity contribution in [3.05, 3.63) is 35.4 Å². The van der Waals surface area contributed by atoms with E-state index in [1.54, 1.807) is 6.92 Å². The second-order valence-electron chi connectivity index (χ2n) is 8.23. The molecular weight excluding hydrogens is 282 g/mol. The van der Waals surface area contributed by atoms with Crippen molar-refractivity contribution in [2.45, 2.75) is 66.2 Å². The molecule has 1 aliphatic rings. The fraction of sp³-hybridized carbons (Fsp3) is 0.667. The van der Waals surface area contributed by atoms with Crippen LogP contribution in [0.1, 0.15) is 82.1 Å². The fourth-order valence-corrected chi connectivity index (χ4v) is 5.02. The molecule has 1 aromatic carbocycles. The van der Waals surface area contributed by atoms with Gasteiger partial charge in [-0.2, -0.15) is 0 Å². The highest BCUT2D eigenvalue weighted by Crippen LogP contribution is 2.59. The van der Waals surface area contributed by atoms with Gasteiger partial charge in [0.15, 0.2) is 5.78 Å². The van der Waals surface area contributed by atoms with E-state index in [9.17, 15) is 4.79 Å². The van der Waals surface area contributed by atoms with Crippen LogP contribution in [0.3, 0.4) is 0 Å². The molecule has 0 radical (unpaired) electrons. The summed E-state index contributed by atoms with van der Waals surface area (Å²) in [6, 6.07) is 8.30. The van der Waals surface area contributed by atoms with Crippen LogP contribution in [0.2, 0.25) is 0 Å². The summed E-state index contributed by atoms with van der Waals surface area (Å²) in [7, 11) is 0. The Bertz CT molecular complexity index is 545. The zero-order chi connectivity index (χ0) is 17.3. The monoisotopic (exact) mass is 315 g/mol. The molecule has 128 valence electrons. The summed E-state index contributed by atoms with van der Waals surface area (Å²) < 4.78 is 0.